The normalized spacial score (nSPS) is 10.7. The first-order valence-electron chi connectivity index (χ1n) is 8.11. The molecule has 0 spiro atoms. The molecule has 0 aliphatic heterocycles. The molecule has 0 aliphatic carbocycles. The van der Waals surface area contributed by atoms with E-state index in [1.54, 1.807) is 0 Å². The summed E-state index contributed by atoms with van der Waals surface area (Å²) in [6.45, 7) is 9.86. The maximum absolute atomic E-state index is 14.3. The third kappa shape index (κ3) is 5.51. The zero-order valence-electron chi connectivity index (χ0n) is 15.3. The Bertz CT molecular complexity index is 899. The molecule has 2 rings (SSSR count). The molecule has 2 aromatic carbocycles. The lowest BCUT2D eigenvalue weighted by Gasteiger charge is -2.18. The van der Waals surface area contributed by atoms with Crippen LogP contribution in [0.4, 0.5) is 8.78 Å². The number of benzene rings is 2. The van der Waals surface area contributed by atoms with Gasteiger partial charge in [-0.25, -0.2) is 9.59 Å². The number of rotatable bonds is 7. The van der Waals surface area contributed by atoms with Crippen molar-refractivity contribution >= 4 is 11.9 Å². The predicted molar refractivity (Wildman–Crippen MR) is 98.3 cm³/mol. The van der Waals surface area contributed by atoms with Gasteiger partial charge < -0.3 is 14.2 Å². The Morgan fingerprint density at radius 3 is 1.50 bits per heavy atom. The van der Waals surface area contributed by atoms with Gasteiger partial charge in [0.05, 0.1) is 5.56 Å². The van der Waals surface area contributed by atoms with Crippen molar-refractivity contribution in [1.29, 1.82) is 0 Å². The minimum absolute atomic E-state index is 0.108. The van der Waals surface area contributed by atoms with Gasteiger partial charge in [-0.1, -0.05) is 13.2 Å². The fourth-order valence-electron chi connectivity index (χ4n) is 1.89. The quantitative estimate of drug-likeness (QED) is 0.388. The molecule has 0 aliphatic rings. The van der Waals surface area contributed by atoms with Gasteiger partial charge in [0.2, 0.25) is 0 Å². The zero-order chi connectivity index (χ0) is 20.9. The van der Waals surface area contributed by atoms with E-state index in [1.165, 1.54) is 50.2 Å². The van der Waals surface area contributed by atoms with E-state index in [9.17, 15) is 18.4 Å². The van der Waals surface area contributed by atoms with Crippen molar-refractivity contribution in [3.8, 4) is 17.2 Å². The van der Waals surface area contributed by atoms with Crippen LogP contribution in [0.5, 0.6) is 17.2 Å². The van der Waals surface area contributed by atoms with Gasteiger partial charge in [0.1, 0.15) is 17.2 Å². The van der Waals surface area contributed by atoms with Gasteiger partial charge in [0.15, 0.2) is 0 Å². The Hall–Kier alpha value is -3.48. The fourth-order valence-corrected chi connectivity index (χ4v) is 1.89. The smallest absolute Gasteiger partial charge is 0.426 e. The number of esters is 2. The standard InChI is InChI=1S/C21H18F2O5/c1-13(2)19(24)26-16-7-5-15(6-8-16)21(22,23)28-18-11-9-17(10-12-18)27-20(25)14(3)4/h5-12H,1,3H2,2,4H3. The van der Waals surface area contributed by atoms with Crippen LogP contribution in [0.25, 0.3) is 0 Å². The van der Waals surface area contributed by atoms with Crippen molar-refractivity contribution < 1.29 is 32.6 Å². The summed E-state index contributed by atoms with van der Waals surface area (Å²) in [5, 5.41) is 0. The summed E-state index contributed by atoms with van der Waals surface area (Å²) in [5.74, 6) is -1.11. The van der Waals surface area contributed by atoms with Crippen LogP contribution in [-0.2, 0) is 15.7 Å². The van der Waals surface area contributed by atoms with Gasteiger partial charge in [-0.15, -0.1) is 0 Å². The van der Waals surface area contributed by atoms with E-state index < -0.39 is 23.6 Å². The number of carbonyl (C=O) groups is 2. The first-order chi connectivity index (χ1) is 13.1. The Balaban J connectivity index is 2.06. The highest BCUT2D eigenvalue weighted by Crippen LogP contribution is 2.33. The van der Waals surface area contributed by atoms with E-state index in [-0.39, 0.29) is 28.4 Å². The van der Waals surface area contributed by atoms with E-state index in [0.29, 0.717) is 0 Å². The molecule has 28 heavy (non-hydrogen) atoms. The molecule has 0 atom stereocenters. The third-order valence-electron chi connectivity index (χ3n) is 3.38. The van der Waals surface area contributed by atoms with Crippen molar-refractivity contribution in [2.24, 2.45) is 0 Å². The average molecular weight is 388 g/mol. The number of hydrogen-bond donors (Lipinski definition) is 0. The highest BCUT2D eigenvalue weighted by molar-refractivity contribution is 5.89. The molecular formula is C21H18F2O5. The molecular weight excluding hydrogens is 370 g/mol. The minimum Gasteiger partial charge on any atom is -0.429 e. The Labute approximate surface area is 160 Å². The summed E-state index contributed by atoms with van der Waals surface area (Å²) in [6.07, 6.45) is -3.63. The minimum atomic E-state index is -3.63. The number of carbonyl (C=O) groups excluding carboxylic acids is 2. The van der Waals surface area contributed by atoms with Crippen LogP contribution >= 0.6 is 0 Å². The Morgan fingerprint density at radius 1 is 0.750 bits per heavy atom. The number of halogens is 2. The molecule has 2 aromatic rings. The summed E-state index contributed by atoms with van der Waals surface area (Å²) in [5.41, 5.74) is -0.0280. The molecule has 0 aromatic heterocycles. The van der Waals surface area contributed by atoms with E-state index in [4.69, 9.17) is 14.2 Å². The monoisotopic (exact) mass is 388 g/mol. The van der Waals surface area contributed by atoms with Crippen LogP contribution in [0.2, 0.25) is 0 Å². The van der Waals surface area contributed by atoms with Gasteiger partial charge in [-0.3, -0.25) is 0 Å². The van der Waals surface area contributed by atoms with Crippen LogP contribution < -0.4 is 14.2 Å². The molecule has 0 fully saturated rings. The number of alkyl halides is 2. The molecule has 0 saturated carbocycles. The molecule has 0 heterocycles. The van der Waals surface area contributed by atoms with Gasteiger partial charge in [0, 0.05) is 11.1 Å². The van der Waals surface area contributed by atoms with E-state index in [0.717, 1.165) is 12.1 Å². The second-order valence-electron chi connectivity index (χ2n) is 5.95. The molecule has 0 saturated heterocycles. The van der Waals surface area contributed by atoms with Gasteiger partial charge in [0.25, 0.3) is 0 Å². The maximum Gasteiger partial charge on any atom is 0.426 e. The first kappa shape index (κ1) is 20.8. The third-order valence-corrected chi connectivity index (χ3v) is 3.38. The molecule has 0 N–H and O–H groups in total. The summed E-state index contributed by atoms with van der Waals surface area (Å²) in [4.78, 5) is 22.9. The van der Waals surface area contributed by atoms with Crippen LogP contribution in [0, 0.1) is 0 Å². The lowest BCUT2D eigenvalue weighted by molar-refractivity contribution is -0.185. The van der Waals surface area contributed by atoms with E-state index in [2.05, 4.69) is 13.2 Å². The van der Waals surface area contributed by atoms with Crippen molar-refractivity contribution in [1.82, 2.24) is 0 Å². The summed E-state index contributed by atoms with van der Waals surface area (Å²) >= 11 is 0. The largest absolute Gasteiger partial charge is 0.429 e. The van der Waals surface area contributed by atoms with Gasteiger partial charge >= 0.3 is 18.0 Å². The van der Waals surface area contributed by atoms with Crippen LogP contribution in [-0.4, -0.2) is 11.9 Å². The van der Waals surface area contributed by atoms with Gasteiger partial charge in [-0.05, 0) is 62.4 Å². The topological polar surface area (TPSA) is 61.8 Å². The summed E-state index contributed by atoms with van der Waals surface area (Å²) in [7, 11) is 0. The van der Waals surface area contributed by atoms with Crippen molar-refractivity contribution in [2.45, 2.75) is 20.0 Å². The number of ether oxygens (including phenoxy) is 3. The van der Waals surface area contributed by atoms with Crippen LogP contribution in [0.1, 0.15) is 19.4 Å². The predicted octanol–water partition coefficient (Wildman–Crippen LogP) is 4.78. The zero-order valence-corrected chi connectivity index (χ0v) is 15.3. The summed E-state index contributed by atoms with van der Waals surface area (Å²) in [6, 6.07) is 9.78. The lowest BCUT2D eigenvalue weighted by Crippen LogP contribution is -2.21. The second kappa shape index (κ2) is 8.47. The second-order valence-corrected chi connectivity index (χ2v) is 5.95. The Morgan fingerprint density at radius 2 is 1.11 bits per heavy atom. The van der Waals surface area contributed by atoms with E-state index in [1.807, 2.05) is 0 Å². The maximum atomic E-state index is 14.3. The molecule has 5 nitrogen and oxygen atoms in total. The van der Waals surface area contributed by atoms with Crippen molar-refractivity contribution in [3.05, 3.63) is 78.4 Å². The average Bonchev–Trinajstić information content (AvgIpc) is 2.63. The van der Waals surface area contributed by atoms with Crippen molar-refractivity contribution in [2.75, 3.05) is 0 Å². The van der Waals surface area contributed by atoms with Crippen LogP contribution in [0.15, 0.2) is 72.8 Å². The molecule has 0 radical (unpaired) electrons. The van der Waals surface area contributed by atoms with E-state index >= 15 is 0 Å². The fraction of sp³-hybridized carbons (Fsp3) is 0.143. The van der Waals surface area contributed by atoms with Crippen LogP contribution in [0.3, 0.4) is 0 Å². The molecule has 0 amide bonds. The highest BCUT2D eigenvalue weighted by atomic mass is 19.3. The Kier molecular flexibility index (Phi) is 6.30. The highest BCUT2D eigenvalue weighted by Gasteiger charge is 2.34. The molecule has 7 heteroatoms. The summed E-state index contributed by atoms with van der Waals surface area (Å²) < 4.78 is 43.4. The SMILES string of the molecule is C=C(C)C(=O)Oc1ccc(OC(F)(F)c2ccc(OC(=O)C(=C)C)cc2)cc1. The first-order valence-corrected chi connectivity index (χ1v) is 8.11. The van der Waals surface area contributed by atoms with Crippen molar-refractivity contribution in [3.63, 3.8) is 0 Å². The molecule has 0 bridgehead atoms. The molecule has 146 valence electrons. The van der Waals surface area contributed by atoms with Gasteiger partial charge in [-0.2, -0.15) is 8.78 Å². The lowest BCUT2D eigenvalue weighted by atomic mass is 10.2. The molecule has 0 unspecified atom stereocenters. The number of hydrogen-bond acceptors (Lipinski definition) is 5.